The van der Waals surface area contributed by atoms with Crippen LogP contribution in [0.15, 0.2) is 0 Å². The average Bonchev–Trinajstić information content (AvgIpc) is 2.66. The molecule has 3 heteroatoms. The SMILES string of the molecule is CCCC(C)NCCn1c(C)nc2c1CCCC2. The predicted octanol–water partition coefficient (Wildman–Crippen LogP) is 2.85. The fraction of sp³-hybridized carbons (Fsp3) is 0.800. The van der Waals surface area contributed by atoms with E-state index in [4.69, 9.17) is 4.98 Å². The summed E-state index contributed by atoms with van der Waals surface area (Å²) in [6.07, 6.45) is 7.57. The van der Waals surface area contributed by atoms with Crippen molar-refractivity contribution in [3.05, 3.63) is 17.2 Å². The number of nitrogens with one attached hydrogen (secondary N) is 1. The van der Waals surface area contributed by atoms with Crippen molar-refractivity contribution in [3.8, 4) is 0 Å². The standard InChI is InChI=1S/C15H27N3/c1-4-7-12(2)16-10-11-18-13(3)17-14-8-5-6-9-15(14)18/h12,16H,4-11H2,1-3H3. The van der Waals surface area contributed by atoms with Crippen LogP contribution in [0, 0.1) is 6.92 Å². The number of nitrogens with zero attached hydrogens (tertiary/aromatic N) is 2. The Morgan fingerprint density at radius 3 is 2.89 bits per heavy atom. The smallest absolute Gasteiger partial charge is 0.106 e. The van der Waals surface area contributed by atoms with Gasteiger partial charge in [0.15, 0.2) is 0 Å². The summed E-state index contributed by atoms with van der Waals surface area (Å²) >= 11 is 0. The van der Waals surface area contributed by atoms with Gasteiger partial charge in [-0.1, -0.05) is 13.3 Å². The zero-order chi connectivity index (χ0) is 13.0. The van der Waals surface area contributed by atoms with Crippen molar-refractivity contribution in [1.29, 1.82) is 0 Å². The first-order valence-electron chi connectivity index (χ1n) is 7.50. The van der Waals surface area contributed by atoms with Crippen LogP contribution in [-0.2, 0) is 19.4 Å². The Morgan fingerprint density at radius 2 is 2.11 bits per heavy atom. The maximum atomic E-state index is 4.72. The topological polar surface area (TPSA) is 29.9 Å². The molecule has 1 atom stereocenters. The number of aryl methyl sites for hydroxylation is 2. The monoisotopic (exact) mass is 249 g/mol. The van der Waals surface area contributed by atoms with Crippen LogP contribution in [0.2, 0.25) is 0 Å². The molecule has 0 saturated heterocycles. The van der Waals surface area contributed by atoms with Crippen molar-refractivity contribution < 1.29 is 0 Å². The Kier molecular flexibility index (Phi) is 4.81. The fourth-order valence-electron chi connectivity index (χ4n) is 2.99. The molecule has 1 N–H and O–H groups in total. The van der Waals surface area contributed by atoms with Crippen molar-refractivity contribution in [1.82, 2.24) is 14.9 Å². The fourth-order valence-corrected chi connectivity index (χ4v) is 2.99. The Bertz CT molecular complexity index is 381. The van der Waals surface area contributed by atoms with Gasteiger partial charge in [0.05, 0.1) is 5.69 Å². The molecule has 102 valence electrons. The molecular formula is C15H27N3. The first-order valence-corrected chi connectivity index (χ1v) is 7.50. The molecule has 1 aromatic heterocycles. The number of aromatic nitrogens is 2. The van der Waals surface area contributed by atoms with E-state index in [1.165, 1.54) is 55.7 Å². The van der Waals surface area contributed by atoms with Crippen LogP contribution < -0.4 is 5.32 Å². The van der Waals surface area contributed by atoms with Gasteiger partial charge in [0.25, 0.3) is 0 Å². The lowest BCUT2D eigenvalue weighted by atomic mass is 10.0. The average molecular weight is 249 g/mol. The van der Waals surface area contributed by atoms with Gasteiger partial charge in [-0.3, -0.25) is 0 Å². The molecule has 0 bridgehead atoms. The van der Waals surface area contributed by atoms with Crippen LogP contribution in [0.25, 0.3) is 0 Å². The number of hydrogen-bond acceptors (Lipinski definition) is 2. The molecule has 3 nitrogen and oxygen atoms in total. The van der Waals surface area contributed by atoms with E-state index in [9.17, 15) is 0 Å². The minimum absolute atomic E-state index is 0.634. The Hall–Kier alpha value is -0.830. The van der Waals surface area contributed by atoms with E-state index >= 15 is 0 Å². The molecule has 18 heavy (non-hydrogen) atoms. The van der Waals surface area contributed by atoms with Gasteiger partial charge in [0.1, 0.15) is 5.82 Å². The second-order valence-corrected chi connectivity index (χ2v) is 5.55. The molecule has 2 rings (SSSR count). The van der Waals surface area contributed by atoms with Gasteiger partial charge in [0.2, 0.25) is 0 Å². The highest BCUT2D eigenvalue weighted by molar-refractivity contribution is 5.19. The minimum Gasteiger partial charge on any atom is -0.331 e. The van der Waals surface area contributed by atoms with Gasteiger partial charge < -0.3 is 9.88 Å². The highest BCUT2D eigenvalue weighted by Crippen LogP contribution is 2.21. The van der Waals surface area contributed by atoms with E-state index in [2.05, 4.69) is 30.7 Å². The normalized spacial score (nSPS) is 16.6. The first-order chi connectivity index (χ1) is 8.72. The van der Waals surface area contributed by atoms with Crippen molar-refractivity contribution in [2.24, 2.45) is 0 Å². The lowest BCUT2D eigenvalue weighted by Gasteiger charge is -2.17. The van der Waals surface area contributed by atoms with Crippen molar-refractivity contribution in [2.45, 2.75) is 71.9 Å². The minimum atomic E-state index is 0.634. The van der Waals surface area contributed by atoms with Gasteiger partial charge in [-0.15, -0.1) is 0 Å². The van der Waals surface area contributed by atoms with Crippen LogP contribution in [0.4, 0.5) is 0 Å². The molecule has 1 aliphatic carbocycles. The second kappa shape index (κ2) is 6.37. The maximum Gasteiger partial charge on any atom is 0.106 e. The Balaban J connectivity index is 1.91. The lowest BCUT2D eigenvalue weighted by Crippen LogP contribution is -2.29. The van der Waals surface area contributed by atoms with Crippen molar-refractivity contribution in [3.63, 3.8) is 0 Å². The van der Waals surface area contributed by atoms with Gasteiger partial charge >= 0.3 is 0 Å². The summed E-state index contributed by atoms with van der Waals surface area (Å²) in [6, 6.07) is 0.634. The summed E-state index contributed by atoms with van der Waals surface area (Å²) in [5, 5.41) is 3.61. The van der Waals surface area contributed by atoms with Crippen molar-refractivity contribution >= 4 is 0 Å². The number of fused-ring (bicyclic) bond motifs is 1. The molecule has 0 amide bonds. The summed E-state index contributed by atoms with van der Waals surface area (Å²) in [4.78, 5) is 4.72. The second-order valence-electron chi connectivity index (χ2n) is 5.55. The highest BCUT2D eigenvalue weighted by Gasteiger charge is 2.17. The van der Waals surface area contributed by atoms with E-state index < -0.39 is 0 Å². The van der Waals surface area contributed by atoms with Crippen LogP contribution in [-0.4, -0.2) is 22.1 Å². The maximum absolute atomic E-state index is 4.72. The van der Waals surface area contributed by atoms with Crippen LogP contribution in [0.5, 0.6) is 0 Å². The van der Waals surface area contributed by atoms with Crippen molar-refractivity contribution in [2.75, 3.05) is 6.54 Å². The lowest BCUT2D eigenvalue weighted by molar-refractivity contribution is 0.476. The Labute approximate surface area is 111 Å². The largest absolute Gasteiger partial charge is 0.331 e. The van der Waals surface area contributed by atoms with Gasteiger partial charge in [-0.2, -0.15) is 0 Å². The van der Waals surface area contributed by atoms with Crippen LogP contribution in [0.1, 0.15) is 56.7 Å². The van der Waals surface area contributed by atoms with Crippen LogP contribution >= 0.6 is 0 Å². The third kappa shape index (κ3) is 3.14. The highest BCUT2D eigenvalue weighted by atomic mass is 15.1. The molecule has 1 aromatic rings. The summed E-state index contributed by atoms with van der Waals surface area (Å²) in [7, 11) is 0. The summed E-state index contributed by atoms with van der Waals surface area (Å²) in [6.45, 7) is 8.80. The van der Waals surface area contributed by atoms with E-state index in [1.54, 1.807) is 0 Å². The zero-order valence-corrected chi connectivity index (χ0v) is 12.1. The third-order valence-electron chi connectivity index (χ3n) is 3.97. The number of rotatable bonds is 6. The zero-order valence-electron chi connectivity index (χ0n) is 12.1. The quantitative estimate of drug-likeness (QED) is 0.840. The molecule has 0 fully saturated rings. The molecule has 1 aliphatic rings. The van der Waals surface area contributed by atoms with E-state index in [0.29, 0.717) is 6.04 Å². The molecule has 0 aromatic carbocycles. The predicted molar refractivity (Wildman–Crippen MR) is 76.0 cm³/mol. The summed E-state index contributed by atoms with van der Waals surface area (Å²) < 4.78 is 2.43. The molecule has 0 radical (unpaired) electrons. The molecule has 0 aliphatic heterocycles. The molecule has 1 heterocycles. The molecule has 0 spiro atoms. The Morgan fingerprint density at radius 1 is 1.33 bits per heavy atom. The summed E-state index contributed by atoms with van der Waals surface area (Å²) in [5.74, 6) is 1.20. The molecule has 0 saturated carbocycles. The van der Waals surface area contributed by atoms with Gasteiger partial charge in [0, 0.05) is 24.8 Å². The van der Waals surface area contributed by atoms with Gasteiger partial charge in [-0.05, 0) is 46.0 Å². The first kappa shape index (κ1) is 13.6. The van der Waals surface area contributed by atoms with Gasteiger partial charge in [-0.25, -0.2) is 4.98 Å². The van der Waals surface area contributed by atoms with E-state index in [1.807, 2.05) is 0 Å². The number of imidazole rings is 1. The molecular weight excluding hydrogens is 222 g/mol. The summed E-state index contributed by atoms with van der Waals surface area (Å²) in [5.41, 5.74) is 2.86. The van der Waals surface area contributed by atoms with E-state index in [-0.39, 0.29) is 0 Å². The molecule has 1 unspecified atom stereocenters. The van der Waals surface area contributed by atoms with Crippen LogP contribution in [0.3, 0.4) is 0 Å². The number of hydrogen-bond donors (Lipinski definition) is 1. The van der Waals surface area contributed by atoms with E-state index in [0.717, 1.165) is 13.1 Å². The third-order valence-corrected chi connectivity index (χ3v) is 3.97.